The van der Waals surface area contributed by atoms with Crippen LogP contribution in [0.4, 0.5) is 24.5 Å². The number of hydrogen-bond donors (Lipinski definition) is 4. The number of amides is 2. The Balaban J connectivity index is 0.715. The molecule has 0 saturated carbocycles. The van der Waals surface area contributed by atoms with Crippen molar-refractivity contribution in [3.05, 3.63) is 116 Å². The number of nitrogens with one attached hydrogen (secondary N) is 4. The summed E-state index contributed by atoms with van der Waals surface area (Å²) >= 11 is 7.88. The van der Waals surface area contributed by atoms with E-state index in [1.54, 1.807) is 47.7 Å². The van der Waals surface area contributed by atoms with Crippen molar-refractivity contribution in [1.29, 1.82) is 0 Å². The van der Waals surface area contributed by atoms with E-state index in [4.69, 9.17) is 35.5 Å². The van der Waals surface area contributed by atoms with Gasteiger partial charge in [-0.3, -0.25) is 19.1 Å². The molecule has 1 saturated heterocycles. The number of hydrogen-bond acceptors (Lipinski definition) is 13. The number of aliphatic imine (C=N–C) groups is 1. The number of carbonyl (C=O) groups excluding carboxylic acids is 2. The van der Waals surface area contributed by atoms with Crippen LogP contribution in [0.25, 0.3) is 15.9 Å². The SMILES string of the molecule is COc1cc(C(=O)NCCOCCOCCOCCNC(=O)C[C@@H]2N=C(c3ccc(Cl)cc3)c3c(sc(C)c3C)-n3c(C)nnc32)ccc1NCC#Cc1cc2c(NC3CCN(C)CC3)cccc2n1CC(F)(F)F. The molecule has 4 N–H and O–H groups in total. The molecule has 75 heavy (non-hydrogen) atoms. The van der Waals surface area contributed by atoms with E-state index in [0.717, 1.165) is 64.8 Å². The molecule has 5 heterocycles. The van der Waals surface area contributed by atoms with E-state index in [1.807, 2.05) is 41.8 Å². The number of alkyl halides is 3. The van der Waals surface area contributed by atoms with Gasteiger partial charge in [0.15, 0.2) is 5.82 Å². The molecule has 3 aromatic carbocycles. The number of halogens is 4. The largest absolute Gasteiger partial charge is 0.495 e. The van der Waals surface area contributed by atoms with E-state index in [-0.39, 0.29) is 49.7 Å². The molecule has 0 bridgehead atoms. The maximum atomic E-state index is 13.8. The minimum Gasteiger partial charge on any atom is -0.495 e. The molecule has 0 radical (unpaired) electrons. The fourth-order valence-corrected chi connectivity index (χ4v) is 10.4. The predicted molar refractivity (Wildman–Crippen MR) is 286 cm³/mol. The highest BCUT2D eigenvalue weighted by molar-refractivity contribution is 7.15. The van der Waals surface area contributed by atoms with Crippen LogP contribution in [-0.2, 0) is 25.5 Å². The molecule has 3 aromatic heterocycles. The van der Waals surface area contributed by atoms with Crippen LogP contribution >= 0.6 is 22.9 Å². The van der Waals surface area contributed by atoms with Gasteiger partial charge < -0.3 is 49.7 Å². The van der Waals surface area contributed by atoms with Gasteiger partial charge in [0.25, 0.3) is 5.91 Å². The quantitative estimate of drug-likeness (QED) is 0.0381. The summed E-state index contributed by atoms with van der Waals surface area (Å²) < 4.78 is 67.0. The third-order valence-electron chi connectivity index (χ3n) is 13.0. The van der Waals surface area contributed by atoms with Gasteiger partial charge >= 0.3 is 6.18 Å². The van der Waals surface area contributed by atoms with Crippen LogP contribution in [0.1, 0.15) is 74.6 Å². The second-order valence-corrected chi connectivity index (χ2v) is 20.0. The lowest BCUT2D eigenvalue weighted by Crippen LogP contribution is -2.36. The summed E-state index contributed by atoms with van der Waals surface area (Å²) in [4.78, 5) is 34.8. The standard InChI is InChI=1S/C54H62ClF3N10O6S/c1-34-35(2)75-53-49(34)50(37-11-14-39(55)15-12-37)63-45(51-65-64-36(3)68(51)53)32-48(69)60-20-24-72-26-28-74-29-27-73-25-21-61-52(70)38-13-16-44(47(30-38)71-5)59-19-7-8-41-31-42-43(62-40-17-22-66(4)23-18-40)9-6-10-46(42)67(41)33-54(56,57)58/h6,9-16,30-31,40,45,59,62H,17-29,32-33H2,1-5H3,(H,60,69)(H,61,70)/t45-/m0/s1. The van der Waals surface area contributed by atoms with Crippen molar-refractivity contribution < 1.29 is 41.7 Å². The third-order valence-corrected chi connectivity index (χ3v) is 14.4. The summed E-state index contributed by atoms with van der Waals surface area (Å²) in [6.45, 7) is 9.35. The van der Waals surface area contributed by atoms with Crippen molar-refractivity contribution in [1.82, 2.24) is 34.9 Å². The first-order chi connectivity index (χ1) is 36.2. The Labute approximate surface area is 443 Å². The minimum absolute atomic E-state index is 0.0731. The lowest BCUT2D eigenvalue weighted by molar-refractivity contribution is -0.140. The maximum Gasteiger partial charge on any atom is 0.406 e. The first-order valence-electron chi connectivity index (χ1n) is 24.9. The summed E-state index contributed by atoms with van der Waals surface area (Å²) in [6, 6.07) is 19.2. The van der Waals surface area contributed by atoms with Gasteiger partial charge in [-0.2, -0.15) is 13.2 Å². The summed E-state index contributed by atoms with van der Waals surface area (Å²) in [5.74, 6) is 7.13. The van der Waals surface area contributed by atoms with Gasteiger partial charge in [0.05, 0.1) is 82.3 Å². The number of likely N-dealkylation sites (tertiary alicyclic amines) is 1. The molecule has 2 aliphatic rings. The van der Waals surface area contributed by atoms with E-state index >= 15 is 0 Å². The number of anilines is 2. The molecule has 398 valence electrons. The number of thiophene rings is 1. The number of rotatable bonds is 22. The van der Waals surface area contributed by atoms with Crippen LogP contribution in [0, 0.1) is 32.6 Å². The Hall–Kier alpha value is -6.47. The number of piperidine rings is 1. The Morgan fingerprint density at radius 2 is 1.59 bits per heavy atom. The number of fused-ring (bicyclic) bond motifs is 4. The van der Waals surface area contributed by atoms with E-state index in [0.29, 0.717) is 78.3 Å². The Bertz CT molecular complexity index is 3050. The van der Waals surface area contributed by atoms with Gasteiger partial charge in [-0.25, -0.2) is 0 Å². The van der Waals surface area contributed by atoms with Crippen molar-refractivity contribution in [3.8, 4) is 22.6 Å². The van der Waals surface area contributed by atoms with Gasteiger partial charge in [0.2, 0.25) is 5.91 Å². The average Bonchev–Trinajstić information content (AvgIpc) is 4.01. The van der Waals surface area contributed by atoms with Crippen molar-refractivity contribution in [2.45, 2.75) is 64.8 Å². The van der Waals surface area contributed by atoms with E-state index in [9.17, 15) is 22.8 Å². The summed E-state index contributed by atoms with van der Waals surface area (Å²) in [6.07, 6.45) is -2.47. The molecule has 1 fully saturated rings. The summed E-state index contributed by atoms with van der Waals surface area (Å²) in [5.41, 5.74) is 6.25. The molecule has 0 spiro atoms. The number of aryl methyl sites for hydroxylation is 2. The van der Waals surface area contributed by atoms with Gasteiger partial charge in [-0.15, -0.1) is 21.5 Å². The molecule has 8 rings (SSSR count). The molecule has 0 unspecified atom stereocenters. The fourth-order valence-electron chi connectivity index (χ4n) is 9.01. The van der Waals surface area contributed by atoms with E-state index in [2.05, 4.69) is 69.1 Å². The lowest BCUT2D eigenvalue weighted by Gasteiger charge is -2.30. The summed E-state index contributed by atoms with van der Waals surface area (Å²) in [5, 5.41) is 23.6. The molecule has 0 aliphatic carbocycles. The minimum atomic E-state index is -4.44. The zero-order valence-electron chi connectivity index (χ0n) is 42.7. The number of methoxy groups -OCH3 is 1. The second-order valence-electron chi connectivity index (χ2n) is 18.3. The number of nitrogens with zero attached hydrogens (tertiary/aromatic N) is 6. The van der Waals surface area contributed by atoms with Crippen molar-refractivity contribution in [2.75, 3.05) is 97.2 Å². The molecule has 2 aliphatic heterocycles. The summed E-state index contributed by atoms with van der Waals surface area (Å²) in [7, 11) is 3.56. The molecule has 2 amide bonds. The highest BCUT2D eigenvalue weighted by Crippen LogP contribution is 2.40. The van der Waals surface area contributed by atoms with Crippen molar-refractivity contribution in [2.24, 2.45) is 4.99 Å². The number of benzene rings is 3. The monoisotopic (exact) mass is 1070 g/mol. The van der Waals surface area contributed by atoms with Crippen LogP contribution in [0.15, 0.2) is 71.7 Å². The van der Waals surface area contributed by atoms with Crippen LogP contribution in [-0.4, -0.2) is 140 Å². The van der Waals surface area contributed by atoms with E-state index < -0.39 is 18.8 Å². The van der Waals surface area contributed by atoms with E-state index in [1.165, 1.54) is 16.6 Å². The first-order valence-corrected chi connectivity index (χ1v) is 26.1. The highest BCUT2D eigenvalue weighted by Gasteiger charge is 2.33. The lowest BCUT2D eigenvalue weighted by atomic mass is 9.99. The topological polar surface area (TPSA) is 170 Å². The highest BCUT2D eigenvalue weighted by atomic mass is 35.5. The molecule has 6 aromatic rings. The van der Waals surface area contributed by atoms with Crippen LogP contribution in [0.2, 0.25) is 5.02 Å². The normalized spacial score (nSPS) is 14.8. The van der Waals surface area contributed by atoms with Gasteiger partial charge in [0, 0.05) is 56.8 Å². The molecule has 21 heteroatoms. The smallest absolute Gasteiger partial charge is 0.406 e. The van der Waals surface area contributed by atoms with Gasteiger partial charge in [-0.05, 0) is 114 Å². The Morgan fingerprint density at radius 1 is 0.880 bits per heavy atom. The predicted octanol–water partition coefficient (Wildman–Crippen LogP) is 8.28. The van der Waals surface area contributed by atoms with Crippen LogP contribution < -0.4 is 26.0 Å². The average molecular weight is 1070 g/mol. The van der Waals surface area contributed by atoms with Crippen LogP contribution in [0.3, 0.4) is 0 Å². The number of ether oxygens (including phenoxy) is 4. The fraction of sp³-hybridized carbons (Fsp3) is 0.426. The molecular weight excluding hydrogens is 1010 g/mol. The number of aromatic nitrogens is 4. The Kier molecular flexibility index (Phi) is 18.5. The second kappa shape index (κ2) is 25.4. The van der Waals surface area contributed by atoms with Crippen molar-refractivity contribution in [3.63, 3.8) is 0 Å². The maximum absolute atomic E-state index is 13.8. The molecular formula is C54H62ClF3N10O6S. The first kappa shape index (κ1) is 54.8. The Morgan fingerprint density at radius 3 is 2.29 bits per heavy atom. The zero-order chi connectivity index (χ0) is 53.1. The molecule has 16 nitrogen and oxygen atoms in total. The van der Waals surface area contributed by atoms with Gasteiger partial charge in [0.1, 0.15) is 29.2 Å². The van der Waals surface area contributed by atoms with Crippen LogP contribution in [0.5, 0.6) is 5.75 Å². The van der Waals surface area contributed by atoms with Gasteiger partial charge in [-0.1, -0.05) is 35.7 Å². The third kappa shape index (κ3) is 14.1. The zero-order valence-corrected chi connectivity index (χ0v) is 44.2. The van der Waals surface area contributed by atoms with Crippen molar-refractivity contribution >= 4 is 62.7 Å². The number of carbonyl (C=O) groups is 2. The molecule has 1 atom stereocenters.